The van der Waals surface area contributed by atoms with E-state index in [0.29, 0.717) is 85.4 Å². The number of nitrogens with zero attached hydrogens (tertiary/aromatic N) is 3. The summed E-state index contributed by atoms with van der Waals surface area (Å²) in [7, 11) is 8.22. The number of rotatable bonds is 16. The van der Waals surface area contributed by atoms with Gasteiger partial charge in [-0.25, -0.2) is 4.79 Å². The van der Waals surface area contributed by atoms with Crippen LogP contribution < -0.4 is 19.5 Å². The van der Waals surface area contributed by atoms with Gasteiger partial charge in [-0.2, -0.15) is 0 Å². The number of aromatic hydroxyl groups is 3. The lowest BCUT2D eigenvalue weighted by Crippen LogP contribution is -2.26. The molecule has 501 valence electrons. The molecule has 0 spiro atoms. The van der Waals surface area contributed by atoms with E-state index in [-0.39, 0.29) is 54.5 Å². The van der Waals surface area contributed by atoms with Crippen LogP contribution in [0.25, 0.3) is 22.6 Å². The molecule has 27 heteroatoms. The first-order valence-electron chi connectivity index (χ1n) is 27.8. The lowest BCUT2D eigenvalue weighted by atomic mass is 10.1. The Morgan fingerprint density at radius 3 is 1.27 bits per heavy atom. The van der Waals surface area contributed by atoms with E-state index in [9.17, 15) is 34.5 Å². The number of ether oxygens (including phenoxy) is 4. The van der Waals surface area contributed by atoms with Crippen LogP contribution in [-0.4, -0.2) is 97.8 Å². The van der Waals surface area contributed by atoms with E-state index in [1.807, 2.05) is 104 Å². The monoisotopic (exact) mass is 1830 g/mol. The van der Waals surface area contributed by atoms with Gasteiger partial charge in [-0.3, -0.25) is 14.4 Å². The molecule has 8 aromatic carbocycles. The zero-order valence-corrected chi connectivity index (χ0v) is 65.7. The first kappa shape index (κ1) is 81.8. The molecule has 3 radical (unpaired) electrons. The summed E-state index contributed by atoms with van der Waals surface area (Å²) in [6, 6.07) is 51.9. The number of ketones is 2. The summed E-state index contributed by atoms with van der Waals surface area (Å²) in [6.07, 6.45) is 0. The average Bonchev–Trinajstić information content (AvgIpc) is 1.56. The Hall–Kier alpha value is -6.59. The van der Waals surface area contributed by atoms with Crippen LogP contribution in [0.1, 0.15) is 77.8 Å². The molecule has 0 saturated carbocycles. The standard InChI is InChI=1S/C18H14Br2N2O3.C16H14Br2O3.C11H7Br2NO4.C8H6Br2O2.C8H9ClO.C8H11N.B/c1-22(10-11-5-3-2-4-6-11)18(24)15-9-16(25-21-15)12-7-13(19)17(23)14(20)8-12;1-10(19)12-7-14(17)16(15(18)8-12)21-9-11-3-5-13(20-2)6-4-11;1-17-11(16)8-4-9(18-14-8)5-2-6(12)10(15)7(13)3-5;1-4(11)5-2-6(9)8(12)7(10)3-5;1-10-8-4-2-7(6-9)3-5-8;1-9-7-8-5-3-2-4-6-8;/h2-9,23H,10H2,1H3;3-8H,9H2,1-2H3;2-4,15H,1H3;2-3,12H,1H3;2-5H,6H2,1H3;2-6,9H,7H2,1H3;. The van der Waals surface area contributed by atoms with Crippen molar-refractivity contribution in [1.82, 2.24) is 20.5 Å². The maximum Gasteiger partial charge on any atom is 0.360 e. The molecular weight excluding hydrogens is 1780 g/mol. The number of phenols is 3. The van der Waals surface area contributed by atoms with Crippen LogP contribution >= 0.6 is 139 Å². The van der Waals surface area contributed by atoms with Crippen molar-refractivity contribution >= 4 is 171 Å². The van der Waals surface area contributed by atoms with Gasteiger partial charge in [0.2, 0.25) is 0 Å². The predicted molar refractivity (Wildman–Crippen MR) is 402 cm³/mol. The number of phenolic OH excluding ortho intramolecular Hbond substituents is 3. The van der Waals surface area contributed by atoms with Crippen molar-refractivity contribution < 1.29 is 62.5 Å². The van der Waals surface area contributed by atoms with Crippen LogP contribution in [0, 0.1) is 0 Å². The third-order valence-corrected chi connectivity index (χ3v) is 17.9. The molecule has 96 heavy (non-hydrogen) atoms. The van der Waals surface area contributed by atoms with Gasteiger partial charge in [-0.05, 0) is 243 Å². The molecule has 0 unspecified atom stereocenters. The van der Waals surface area contributed by atoms with Gasteiger partial charge in [0, 0.05) is 68.8 Å². The molecule has 17 nitrogen and oxygen atoms in total. The molecule has 10 aromatic rings. The highest BCUT2D eigenvalue weighted by atomic mass is 79.9. The highest BCUT2D eigenvalue weighted by Gasteiger charge is 2.20. The van der Waals surface area contributed by atoms with Gasteiger partial charge in [-0.15, -0.1) is 11.6 Å². The lowest BCUT2D eigenvalue weighted by Gasteiger charge is -2.15. The number of benzene rings is 8. The molecule has 10 rings (SSSR count). The third-order valence-electron chi connectivity index (χ3n) is 12.8. The molecule has 0 aliphatic rings. The van der Waals surface area contributed by atoms with E-state index in [1.54, 1.807) is 80.8 Å². The normalized spacial score (nSPS) is 10.1. The Kier molecular flexibility index (Phi) is 35.5. The number of alkyl halides is 1. The summed E-state index contributed by atoms with van der Waals surface area (Å²) < 4.78 is 35.3. The zero-order chi connectivity index (χ0) is 69.9. The Morgan fingerprint density at radius 1 is 0.510 bits per heavy atom. The smallest absolute Gasteiger partial charge is 0.360 e. The van der Waals surface area contributed by atoms with Crippen LogP contribution in [0.15, 0.2) is 215 Å². The Labute approximate surface area is 630 Å². The van der Waals surface area contributed by atoms with Crippen molar-refractivity contribution in [2.45, 2.75) is 39.4 Å². The first-order valence-corrected chi connectivity index (χ1v) is 34.7. The van der Waals surface area contributed by atoms with Crippen molar-refractivity contribution in [2.24, 2.45) is 0 Å². The molecule has 0 aliphatic carbocycles. The van der Waals surface area contributed by atoms with Crippen LogP contribution in [0.3, 0.4) is 0 Å². The maximum atomic E-state index is 12.5. The first-order chi connectivity index (χ1) is 45.3. The second-order valence-corrected chi connectivity index (χ2v) is 26.8. The number of carbonyl (C=O) groups is 4. The molecule has 2 heterocycles. The summed E-state index contributed by atoms with van der Waals surface area (Å²) in [5.41, 5.74) is 7.38. The fourth-order valence-corrected chi connectivity index (χ4v) is 12.9. The highest BCUT2D eigenvalue weighted by Crippen LogP contribution is 2.40. The number of hydrogen-bond acceptors (Lipinski definition) is 16. The summed E-state index contributed by atoms with van der Waals surface area (Å²) in [6.45, 7) is 4.89. The van der Waals surface area contributed by atoms with Gasteiger partial charge in [0.25, 0.3) is 5.91 Å². The minimum absolute atomic E-state index is 0. The predicted octanol–water partition coefficient (Wildman–Crippen LogP) is 19.8. The number of amides is 1. The summed E-state index contributed by atoms with van der Waals surface area (Å²) in [4.78, 5) is 47.7. The largest absolute Gasteiger partial charge is 0.506 e. The molecular formula is C69H61BBr8ClN4O13. The number of nitrogens with one attached hydrogen (secondary N) is 1. The number of hydrogen-bond donors (Lipinski definition) is 4. The van der Waals surface area contributed by atoms with Crippen molar-refractivity contribution in [3.05, 3.63) is 250 Å². The summed E-state index contributed by atoms with van der Waals surface area (Å²) in [5.74, 6) is 3.25. The summed E-state index contributed by atoms with van der Waals surface area (Å²) >= 11 is 31.7. The van der Waals surface area contributed by atoms with E-state index >= 15 is 0 Å². The van der Waals surface area contributed by atoms with Gasteiger partial charge >= 0.3 is 5.97 Å². The van der Waals surface area contributed by atoms with Crippen LogP contribution in [0.5, 0.6) is 34.5 Å². The molecule has 0 bridgehead atoms. The van der Waals surface area contributed by atoms with Crippen molar-refractivity contribution in [3.63, 3.8) is 0 Å². The molecule has 2 aromatic heterocycles. The average molecular weight is 1840 g/mol. The van der Waals surface area contributed by atoms with E-state index in [0.717, 1.165) is 43.7 Å². The minimum atomic E-state index is -0.568. The topological polar surface area (TPSA) is 233 Å². The molecule has 0 saturated heterocycles. The van der Waals surface area contributed by atoms with Crippen LogP contribution in [0.4, 0.5) is 0 Å². The lowest BCUT2D eigenvalue weighted by molar-refractivity contribution is 0.0588. The maximum absolute atomic E-state index is 12.5. The van der Waals surface area contributed by atoms with E-state index in [1.165, 1.54) is 32.6 Å². The Bertz CT molecular complexity index is 4060. The summed E-state index contributed by atoms with van der Waals surface area (Å²) in [5, 5.41) is 39.2. The van der Waals surface area contributed by atoms with Gasteiger partial charge in [-0.1, -0.05) is 95.2 Å². The number of Topliss-reactive ketones (excluding diaryl/α,β-unsaturated/α-hetero) is 2. The van der Waals surface area contributed by atoms with Gasteiger partial charge in [0.1, 0.15) is 41.1 Å². The molecule has 0 atom stereocenters. The molecule has 0 fully saturated rings. The Morgan fingerprint density at radius 2 is 0.885 bits per heavy atom. The number of carbonyl (C=O) groups excluding carboxylic acids is 4. The van der Waals surface area contributed by atoms with Gasteiger partial charge < -0.3 is 53.5 Å². The van der Waals surface area contributed by atoms with Gasteiger partial charge in [0.05, 0.1) is 57.1 Å². The van der Waals surface area contributed by atoms with E-state index in [4.69, 9.17) is 34.9 Å². The second-order valence-electron chi connectivity index (χ2n) is 19.7. The van der Waals surface area contributed by atoms with E-state index < -0.39 is 5.97 Å². The number of aromatic nitrogens is 2. The van der Waals surface area contributed by atoms with Crippen LogP contribution in [0.2, 0.25) is 0 Å². The molecule has 0 aliphatic heterocycles. The zero-order valence-electron chi connectivity index (χ0n) is 52.2. The quantitative estimate of drug-likeness (QED) is 0.0305. The van der Waals surface area contributed by atoms with Crippen molar-refractivity contribution in [1.29, 1.82) is 0 Å². The minimum Gasteiger partial charge on any atom is -0.506 e. The van der Waals surface area contributed by atoms with Crippen molar-refractivity contribution in [3.8, 4) is 57.1 Å². The molecule has 1 amide bonds. The number of esters is 1. The van der Waals surface area contributed by atoms with Gasteiger partial charge in [0.15, 0.2) is 34.5 Å². The van der Waals surface area contributed by atoms with Crippen LogP contribution in [-0.2, 0) is 30.3 Å². The molecule has 4 N–H and O–H groups in total. The number of methoxy groups -OCH3 is 3. The van der Waals surface area contributed by atoms with E-state index in [2.05, 4.69) is 160 Å². The highest BCUT2D eigenvalue weighted by molar-refractivity contribution is 9.12. The second kappa shape index (κ2) is 41.6. The Balaban J connectivity index is 0.000000253. The van der Waals surface area contributed by atoms with Crippen molar-refractivity contribution in [2.75, 3.05) is 35.4 Å². The fourth-order valence-electron chi connectivity index (χ4n) is 7.73. The third kappa shape index (κ3) is 25.7. The number of halogens is 9. The SMILES string of the molecule is CC(=O)c1cc(Br)c(O)c(Br)c1.CN(Cc1ccccc1)C(=O)c1cc(-c2cc(Br)c(O)c(Br)c2)on1.CNCc1ccccc1.COC(=O)c1cc(-c2cc(Br)c(O)c(Br)c2)on1.COc1ccc(CCl)cc1.COc1ccc(COc2c(Br)cc(C(C)=O)cc2Br)cc1.[B]. The fraction of sp³-hybridized carbons (Fsp3) is 0.159.